The Kier molecular flexibility index (Phi) is 6.17. The van der Waals surface area contributed by atoms with Gasteiger partial charge in [0.15, 0.2) is 0 Å². The molecular formula is C22H14ClF3N2O3S2. The van der Waals surface area contributed by atoms with Crippen molar-refractivity contribution < 1.29 is 26.4 Å². The van der Waals surface area contributed by atoms with Crippen LogP contribution in [-0.4, -0.2) is 19.3 Å². The maximum atomic E-state index is 12.9. The predicted octanol–water partition coefficient (Wildman–Crippen LogP) is 5.73. The largest absolute Gasteiger partial charge is 0.417 e. The number of fused-ring (bicyclic) bond motifs is 1. The van der Waals surface area contributed by atoms with Gasteiger partial charge in [0.1, 0.15) is 0 Å². The van der Waals surface area contributed by atoms with Gasteiger partial charge in [-0.1, -0.05) is 23.7 Å². The lowest BCUT2D eigenvalue weighted by Gasteiger charge is -2.11. The van der Waals surface area contributed by atoms with Crippen molar-refractivity contribution >= 4 is 48.8 Å². The molecule has 0 radical (unpaired) electrons. The summed E-state index contributed by atoms with van der Waals surface area (Å²) in [5.41, 5.74) is -0.459. The number of nitrogens with zero attached hydrogens (tertiary/aromatic N) is 1. The number of carbonyl (C=O) groups excluding carboxylic acids is 1. The summed E-state index contributed by atoms with van der Waals surface area (Å²) >= 11 is 6.97. The molecule has 2 heterocycles. The first-order valence-corrected chi connectivity index (χ1v) is 12.1. The number of hydrogen-bond acceptors (Lipinski definition) is 5. The number of halogens is 4. The number of amides is 1. The van der Waals surface area contributed by atoms with Crippen molar-refractivity contribution in [1.29, 1.82) is 0 Å². The molecular weight excluding hydrogens is 497 g/mol. The second-order valence-electron chi connectivity index (χ2n) is 6.99. The molecule has 0 aliphatic heterocycles. The van der Waals surface area contributed by atoms with Gasteiger partial charge in [-0.15, -0.1) is 11.3 Å². The quantitative estimate of drug-likeness (QED) is 0.372. The number of sulfone groups is 1. The number of alkyl halides is 3. The molecule has 170 valence electrons. The molecule has 0 atom stereocenters. The van der Waals surface area contributed by atoms with Gasteiger partial charge in [-0.2, -0.15) is 13.2 Å². The molecule has 0 saturated heterocycles. The number of pyridine rings is 1. The molecule has 4 rings (SSSR count). The molecule has 0 bridgehead atoms. The highest BCUT2D eigenvalue weighted by Gasteiger charge is 2.34. The molecule has 4 aromatic rings. The SMILES string of the molecule is O=C(NCc1ccc(S(=O)(=O)c2ccc(C(F)(F)F)c(Cl)c2)cc1)c1cc2ccncc2s1. The minimum absolute atomic E-state index is 0.106. The van der Waals surface area contributed by atoms with E-state index in [2.05, 4.69) is 10.3 Å². The zero-order valence-corrected chi connectivity index (χ0v) is 18.9. The lowest BCUT2D eigenvalue weighted by molar-refractivity contribution is -0.137. The third kappa shape index (κ3) is 4.87. The van der Waals surface area contributed by atoms with Crippen LogP contribution >= 0.6 is 22.9 Å². The number of nitrogens with one attached hydrogen (secondary N) is 1. The fourth-order valence-electron chi connectivity index (χ4n) is 3.08. The topological polar surface area (TPSA) is 76.1 Å². The van der Waals surface area contributed by atoms with E-state index >= 15 is 0 Å². The van der Waals surface area contributed by atoms with Crippen LogP contribution < -0.4 is 5.32 Å². The van der Waals surface area contributed by atoms with E-state index in [1.54, 1.807) is 18.5 Å². The molecule has 2 aromatic heterocycles. The molecule has 0 aliphatic carbocycles. The van der Waals surface area contributed by atoms with E-state index in [0.717, 1.165) is 22.2 Å². The number of thiophene rings is 1. The molecule has 0 aliphatic rings. The van der Waals surface area contributed by atoms with E-state index in [0.29, 0.717) is 16.5 Å². The Bertz CT molecular complexity index is 1420. The molecule has 33 heavy (non-hydrogen) atoms. The minimum Gasteiger partial charge on any atom is -0.347 e. The summed E-state index contributed by atoms with van der Waals surface area (Å²) in [5.74, 6) is -0.271. The van der Waals surface area contributed by atoms with Crippen LogP contribution in [0.2, 0.25) is 5.02 Å². The van der Waals surface area contributed by atoms with Crippen molar-refractivity contribution in [2.24, 2.45) is 0 Å². The summed E-state index contributed by atoms with van der Waals surface area (Å²) in [4.78, 5) is 16.5. The van der Waals surface area contributed by atoms with E-state index in [-0.39, 0.29) is 22.2 Å². The fraction of sp³-hybridized carbons (Fsp3) is 0.0909. The van der Waals surface area contributed by atoms with E-state index in [4.69, 9.17) is 11.6 Å². The highest BCUT2D eigenvalue weighted by molar-refractivity contribution is 7.91. The van der Waals surface area contributed by atoms with Crippen LogP contribution in [0.5, 0.6) is 0 Å². The number of rotatable bonds is 5. The fourth-order valence-corrected chi connectivity index (χ4v) is 5.67. The van der Waals surface area contributed by atoms with Crippen molar-refractivity contribution in [3.05, 3.63) is 88.0 Å². The molecule has 11 heteroatoms. The Hall–Kier alpha value is -2.95. The molecule has 0 unspecified atom stereocenters. The first kappa shape index (κ1) is 23.2. The predicted molar refractivity (Wildman–Crippen MR) is 119 cm³/mol. The average Bonchev–Trinajstić information content (AvgIpc) is 3.21. The summed E-state index contributed by atoms with van der Waals surface area (Å²) in [6, 6.07) is 11.6. The van der Waals surface area contributed by atoms with Gasteiger partial charge in [0.05, 0.1) is 30.0 Å². The Morgan fingerprint density at radius 1 is 1.03 bits per heavy atom. The van der Waals surface area contributed by atoms with Crippen LogP contribution in [0, 0.1) is 0 Å². The van der Waals surface area contributed by atoms with E-state index in [1.807, 2.05) is 6.07 Å². The van der Waals surface area contributed by atoms with E-state index in [1.165, 1.54) is 35.6 Å². The molecule has 5 nitrogen and oxygen atoms in total. The summed E-state index contributed by atoms with van der Waals surface area (Å²) in [7, 11) is -4.07. The lowest BCUT2D eigenvalue weighted by Crippen LogP contribution is -2.21. The highest BCUT2D eigenvalue weighted by atomic mass is 35.5. The van der Waals surface area contributed by atoms with Crippen molar-refractivity contribution in [3.63, 3.8) is 0 Å². The number of hydrogen-bond donors (Lipinski definition) is 1. The van der Waals surface area contributed by atoms with Gasteiger partial charge in [0.2, 0.25) is 9.84 Å². The summed E-state index contributed by atoms with van der Waals surface area (Å²) in [5, 5.41) is 2.99. The Labute approximate surface area is 195 Å². The maximum absolute atomic E-state index is 12.9. The van der Waals surface area contributed by atoms with Crippen LogP contribution in [0.3, 0.4) is 0 Å². The first-order valence-electron chi connectivity index (χ1n) is 9.38. The van der Waals surface area contributed by atoms with Crippen molar-refractivity contribution in [2.75, 3.05) is 0 Å². The van der Waals surface area contributed by atoms with Crippen molar-refractivity contribution in [2.45, 2.75) is 22.5 Å². The second kappa shape index (κ2) is 8.77. The van der Waals surface area contributed by atoms with Crippen LogP contribution in [-0.2, 0) is 22.6 Å². The standard InChI is InChI=1S/C22H14ClF3N2O3S2/c23-18-10-16(5-6-17(18)22(24,25)26)33(30,31)15-3-1-13(2-4-15)11-28-21(29)19-9-14-7-8-27-12-20(14)32-19/h1-10,12H,11H2,(H,28,29). The maximum Gasteiger partial charge on any atom is 0.417 e. The van der Waals surface area contributed by atoms with Gasteiger partial charge in [-0.05, 0) is 53.4 Å². The number of benzene rings is 2. The molecule has 1 amide bonds. The zero-order chi connectivity index (χ0) is 23.8. The monoisotopic (exact) mass is 510 g/mol. The van der Waals surface area contributed by atoms with Gasteiger partial charge in [0.25, 0.3) is 5.91 Å². The molecule has 0 fully saturated rings. The van der Waals surface area contributed by atoms with Gasteiger partial charge >= 0.3 is 6.18 Å². The number of carbonyl (C=O) groups is 1. The van der Waals surface area contributed by atoms with Gasteiger partial charge in [0, 0.05) is 18.9 Å². The van der Waals surface area contributed by atoms with Gasteiger partial charge < -0.3 is 5.32 Å². The third-order valence-corrected chi connectivity index (χ3v) is 7.95. The van der Waals surface area contributed by atoms with Crippen LogP contribution in [0.1, 0.15) is 20.8 Å². The lowest BCUT2D eigenvalue weighted by atomic mass is 10.2. The molecule has 0 spiro atoms. The van der Waals surface area contributed by atoms with Crippen LogP contribution in [0.15, 0.2) is 76.8 Å². The van der Waals surface area contributed by atoms with Crippen molar-refractivity contribution in [3.8, 4) is 0 Å². The molecule has 2 aromatic carbocycles. The molecule has 0 saturated carbocycles. The average molecular weight is 511 g/mol. The molecule has 1 N–H and O–H groups in total. The second-order valence-corrected chi connectivity index (χ2v) is 10.4. The summed E-state index contributed by atoms with van der Waals surface area (Å²) < 4.78 is 65.1. The Balaban J connectivity index is 1.47. The normalized spacial score (nSPS) is 12.1. The van der Waals surface area contributed by atoms with Gasteiger partial charge in [-0.3, -0.25) is 9.78 Å². The summed E-state index contributed by atoms with van der Waals surface area (Å²) in [6.45, 7) is 0.164. The summed E-state index contributed by atoms with van der Waals surface area (Å²) in [6.07, 6.45) is -1.36. The smallest absolute Gasteiger partial charge is 0.347 e. The van der Waals surface area contributed by atoms with Crippen LogP contribution in [0.4, 0.5) is 13.2 Å². The Morgan fingerprint density at radius 2 is 1.73 bits per heavy atom. The first-order chi connectivity index (χ1) is 15.6. The Morgan fingerprint density at radius 3 is 2.36 bits per heavy atom. The van der Waals surface area contributed by atoms with E-state index in [9.17, 15) is 26.4 Å². The highest BCUT2D eigenvalue weighted by Crippen LogP contribution is 2.36. The van der Waals surface area contributed by atoms with Crippen LogP contribution in [0.25, 0.3) is 10.1 Å². The zero-order valence-electron chi connectivity index (χ0n) is 16.6. The van der Waals surface area contributed by atoms with E-state index < -0.39 is 26.6 Å². The minimum atomic E-state index is -4.68. The third-order valence-electron chi connectivity index (χ3n) is 4.79. The van der Waals surface area contributed by atoms with Crippen molar-refractivity contribution in [1.82, 2.24) is 10.3 Å². The number of aromatic nitrogens is 1. The van der Waals surface area contributed by atoms with Gasteiger partial charge in [-0.25, -0.2) is 8.42 Å².